The van der Waals surface area contributed by atoms with E-state index in [1.54, 1.807) is 11.8 Å². The van der Waals surface area contributed by atoms with Crippen molar-refractivity contribution in [1.82, 2.24) is 9.80 Å². The highest BCUT2D eigenvalue weighted by atomic mass is 16.2. The van der Waals surface area contributed by atoms with Crippen LogP contribution in [0.3, 0.4) is 0 Å². The molecule has 0 saturated carbocycles. The SMILES string of the molecule is CC#CC(=O)N1CCN(C)CC1. The van der Waals surface area contributed by atoms with Gasteiger partial charge in [-0.3, -0.25) is 4.79 Å². The second kappa shape index (κ2) is 4.13. The second-order valence-electron chi connectivity index (χ2n) is 2.97. The summed E-state index contributed by atoms with van der Waals surface area (Å²) in [6.45, 7) is 5.22. The van der Waals surface area contributed by atoms with Gasteiger partial charge in [0.05, 0.1) is 0 Å². The van der Waals surface area contributed by atoms with Crippen molar-refractivity contribution < 1.29 is 4.79 Å². The second-order valence-corrected chi connectivity index (χ2v) is 2.97. The van der Waals surface area contributed by atoms with Gasteiger partial charge in [0, 0.05) is 26.2 Å². The monoisotopic (exact) mass is 166 g/mol. The van der Waals surface area contributed by atoms with Crippen molar-refractivity contribution in [3.05, 3.63) is 0 Å². The van der Waals surface area contributed by atoms with Crippen LogP contribution >= 0.6 is 0 Å². The lowest BCUT2D eigenvalue weighted by Gasteiger charge is -2.30. The van der Waals surface area contributed by atoms with Gasteiger partial charge in [-0.05, 0) is 19.9 Å². The third kappa shape index (κ3) is 2.24. The van der Waals surface area contributed by atoms with Crippen LogP contribution in [0, 0.1) is 11.8 Å². The van der Waals surface area contributed by atoms with Gasteiger partial charge in [-0.15, -0.1) is 0 Å². The molecule has 1 saturated heterocycles. The molecule has 1 aliphatic rings. The predicted octanol–water partition coefficient (Wildman–Crippen LogP) is -0.216. The van der Waals surface area contributed by atoms with Gasteiger partial charge in [0.15, 0.2) is 0 Å². The van der Waals surface area contributed by atoms with Gasteiger partial charge in [0.2, 0.25) is 0 Å². The van der Waals surface area contributed by atoms with E-state index in [1.807, 2.05) is 0 Å². The molecule has 0 spiro atoms. The van der Waals surface area contributed by atoms with Crippen molar-refractivity contribution in [1.29, 1.82) is 0 Å². The molecule has 3 nitrogen and oxygen atoms in total. The minimum atomic E-state index is -0.0365. The van der Waals surface area contributed by atoms with Gasteiger partial charge in [0.25, 0.3) is 5.91 Å². The van der Waals surface area contributed by atoms with Crippen LogP contribution in [-0.4, -0.2) is 48.9 Å². The van der Waals surface area contributed by atoms with E-state index in [-0.39, 0.29) is 5.91 Å². The zero-order chi connectivity index (χ0) is 8.97. The molecule has 1 amide bonds. The van der Waals surface area contributed by atoms with Crippen LogP contribution in [0.1, 0.15) is 6.92 Å². The number of rotatable bonds is 0. The Kier molecular flexibility index (Phi) is 3.12. The van der Waals surface area contributed by atoms with E-state index >= 15 is 0 Å². The summed E-state index contributed by atoms with van der Waals surface area (Å²) in [5.41, 5.74) is 0. The normalized spacial score (nSPS) is 18.3. The van der Waals surface area contributed by atoms with E-state index in [9.17, 15) is 4.79 Å². The van der Waals surface area contributed by atoms with Gasteiger partial charge in [0.1, 0.15) is 0 Å². The highest BCUT2D eigenvalue weighted by Crippen LogP contribution is 1.98. The molecule has 1 fully saturated rings. The molecule has 0 aromatic carbocycles. The Balaban J connectivity index is 2.42. The lowest BCUT2D eigenvalue weighted by Crippen LogP contribution is -2.46. The van der Waals surface area contributed by atoms with Crippen molar-refractivity contribution in [2.24, 2.45) is 0 Å². The van der Waals surface area contributed by atoms with Crippen LogP contribution in [0.2, 0.25) is 0 Å². The molecule has 0 unspecified atom stereocenters. The van der Waals surface area contributed by atoms with Gasteiger partial charge < -0.3 is 9.80 Å². The summed E-state index contributed by atoms with van der Waals surface area (Å²) in [5, 5.41) is 0. The number of amides is 1. The van der Waals surface area contributed by atoms with E-state index in [4.69, 9.17) is 0 Å². The van der Waals surface area contributed by atoms with E-state index in [0.29, 0.717) is 0 Å². The number of carbonyl (C=O) groups excluding carboxylic acids is 1. The molecule has 12 heavy (non-hydrogen) atoms. The summed E-state index contributed by atoms with van der Waals surface area (Å²) >= 11 is 0. The number of piperazine rings is 1. The minimum absolute atomic E-state index is 0.0365. The van der Waals surface area contributed by atoms with E-state index in [0.717, 1.165) is 26.2 Å². The minimum Gasteiger partial charge on any atom is -0.329 e. The largest absolute Gasteiger partial charge is 0.329 e. The fourth-order valence-corrected chi connectivity index (χ4v) is 1.20. The molecule has 0 aliphatic carbocycles. The molecule has 0 atom stereocenters. The Morgan fingerprint density at radius 3 is 2.33 bits per heavy atom. The summed E-state index contributed by atoms with van der Waals surface area (Å²) in [6, 6.07) is 0. The summed E-state index contributed by atoms with van der Waals surface area (Å²) in [7, 11) is 2.06. The molecule has 1 heterocycles. The maximum atomic E-state index is 11.2. The average molecular weight is 166 g/mol. The van der Waals surface area contributed by atoms with Gasteiger partial charge in [-0.1, -0.05) is 5.92 Å². The molecular formula is C9H14N2O. The first-order valence-electron chi connectivity index (χ1n) is 4.14. The smallest absolute Gasteiger partial charge is 0.298 e. The van der Waals surface area contributed by atoms with E-state index in [1.165, 1.54) is 0 Å². The Morgan fingerprint density at radius 1 is 1.25 bits per heavy atom. The molecule has 66 valence electrons. The number of hydrogen-bond donors (Lipinski definition) is 0. The van der Waals surface area contributed by atoms with Gasteiger partial charge in [-0.25, -0.2) is 0 Å². The van der Waals surface area contributed by atoms with Crippen molar-refractivity contribution in [3.8, 4) is 11.8 Å². The third-order valence-electron chi connectivity index (χ3n) is 2.02. The first-order valence-corrected chi connectivity index (χ1v) is 4.14. The van der Waals surface area contributed by atoms with Crippen LogP contribution in [0.25, 0.3) is 0 Å². The van der Waals surface area contributed by atoms with Crippen molar-refractivity contribution in [2.75, 3.05) is 33.2 Å². The van der Waals surface area contributed by atoms with Crippen LogP contribution in [0.5, 0.6) is 0 Å². The lowest BCUT2D eigenvalue weighted by atomic mass is 10.3. The zero-order valence-electron chi connectivity index (χ0n) is 7.63. The van der Waals surface area contributed by atoms with Crippen molar-refractivity contribution in [2.45, 2.75) is 6.92 Å². The number of hydrogen-bond acceptors (Lipinski definition) is 2. The van der Waals surface area contributed by atoms with Crippen LogP contribution in [0.15, 0.2) is 0 Å². The summed E-state index contributed by atoms with van der Waals surface area (Å²) in [4.78, 5) is 15.3. The topological polar surface area (TPSA) is 23.6 Å². The highest BCUT2D eigenvalue weighted by molar-refractivity contribution is 5.93. The molecule has 1 aliphatic heterocycles. The van der Waals surface area contributed by atoms with E-state index < -0.39 is 0 Å². The molecule has 0 aromatic rings. The first kappa shape index (κ1) is 9.08. The predicted molar refractivity (Wildman–Crippen MR) is 47.5 cm³/mol. The molecule has 0 radical (unpaired) electrons. The standard InChI is InChI=1S/C9H14N2O/c1-3-4-9(12)11-7-5-10(2)6-8-11/h5-8H2,1-2H3. The Bertz CT molecular complexity index is 218. The molecule has 3 heteroatoms. The molecule has 0 N–H and O–H groups in total. The molecule has 0 bridgehead atoms. The Labute approximate surface area is 73.3 Å². The van der Waals surface area contributed by atoms with Crippen LogP contribution in [-0.2, 0) is 4.79 Å². The van der Waals surface area contributed by atoms with E-state index in [2.05, 4.69) is 23.8 Å². The van der Waals surface area contributed by atoms with Crippen molar-refractivity contribution in [3.63, 3.8) is 0 Å². The molecule has 0 aromatic heterocycles. The highest BCUT2D eigenvalue weighted by Gasteiger charge is 2.16. The maximum absolute atomic E-state index is 11.2. The first-order chi connectivity index (χ1) is 5.74. The number of carbonyl (C=O) groups is 1. The summed E-state index contributed by atoms with van der Waals surface area (Å²) in [6.07, 6.45) is 0. The average Bonchev–Trinajstić information content (AvgIpc) is 2.06. The van der Waals surface area contributed by atoms with Gasteiger partial charge >= 0.3 is 0 Å². The lowest BCUT2D eigenvalue weighted by molar-refractivity contribution is -0.126. The number of likely N-dealkylation sites (N-methyl/N-ethyl adjacent to an activating group) is 1. The maximum Gasteiger partial charge on any atom is 0.298 e. The fraction of sp³-hybridized carbons (Fsp3) is 0.667. The Morgan fingerprint density at radius 2 is 1.83 bits per heavy atom. The third-order valence-corrected chi connectivity index (χ3v) is 2.02. The summed E-state index contributed by atoms with van der Waals surface area (Å²) in [5.74, 6) is 5.13. The van der Waals surface area contributed by atoms with Crippen LogP contribution < -0.4 is 0 Å². The molecule has 1 rings (SSSR count). The van der Waals surface area contributed by atoms with Crippen molar-refractivity contribution >= 4 is 5.91 Å². The van der Waals surface area contributed by atoms with Crippen LogP contribution in [0.4, 0.5) is 0 Å². The Hall–Kier alpha value is -1.01. The van der Waals surface area contributed by atoms with Gasteiger partial charge in [-0.2, -0.15) is 0 Å². The number of nitrogens with zero attached hydrogens (tertiary/aromatic N) is 2. The molecular weight excluding hydrogens is 152 g/mol. The summed E-state index contributed by atoms with van der Waals surface area (Å²) < 4.78 is 0. The fourth-order valence-electron chi connectivity index (χ4n) is 1.20. The quantitative estimate of drug-likeness (QED) is 0.465. The zero-order valence-corrected chi connectivity index (χ0v) is 7.63.